The number of carbonyl (C=O) groups is 1. The molecule has 1 aliphatic rings. The Kier molecular flexibility index (Phi) is 7.32. The van der Waals surface area contributed by atoms with Gasteiger partial charge in [0, 0.05) is 53.4 Å². The molecule has 3 radical (unpaired) electrons. The Morgan fingerprint density at radius 1 is 1.42 bits per heavy atom. The van der Waals surface area contributed by atoms with Gasteiger partial charge in [-0.25, -0.2) is 14.4 Å². The number of imidazole rings is 1. The number of methoxy groups -OCH3 is 1. The van der Waals surface area contributed by atoms with Gasteiger partial charge in [0.2, 0.25) is 0 Å². The molecule has 1 fully saturated rings. The monoisotopic (exact) mass is 530 g/mol. The molecule has 2 atom stereocenters. The molecule has 191 valence electrons. The van der Waals surface area contributed by atoms with Crippen molar-refractivity contribution in [2.24, 2.45) is 0 Å². The number of nitrogens with zero attached hydrogens (tertiary/aromatic N) is 4. The average Bonchev–Trinajstić information content (AvgIpc) is 3.19. The van der Waals surface area contributed by atoms with E-state index in [1.807, 2.05) is 32.1 Å². The zero-order valence-corrected chi connectivity index (χ0v) is 22.8. The summed E-state index contributed by atoms with van der Waals surface area (Å²) in [6.45, 7) is 8.17. The van der Waals surface area contributed by atoms with E-state index in [4.69, 9.17) is 31.8 Å². The maximum Gasteiger partial charge on any atom is 0.260 e. The summed E-state index contributed by atoms with van der Waals surface area (Å²) < 4.78 is 29.1. The third-order valence-electron chi connectivity index (χ3n) is 6.48. The number of rotatable bonds is 6. The van der Waals surface area contributed by atoms with Crippen molar-refractivity contribution >= 4 is 39.1 Å². The molecule has 0 saturated carbocycles. The fourth-order valence-corrected chi connectivity index (χ4v) is 5.28. The highest BCUT2D eigenvalue weighted by atomic mass is 35.5. The summed E-state index contributed by atoms with van der Waals surface area (Å²) in [4.78, 5) is 24.2. The molecule has 0 bridgehead atoms. The van der Waals surface area contributed by atoms with Crippen LogP contribution in [0.5, 0.6) is 5.75 Å². The lowest BCUT2D eigenvalue weighted by Crippen LogP contribution is -2.43. The number of carbonyl (C=O) groups excluding carboxylic acids is 1. The van der Waals surface area contributed by atoms with Crippen molar-refractivity contribution in [1.29, 1.82) is 0 Å². The molecule has 3 heterocycles. The summed E-state index contributed by atoms with van der Waals surface area (Å²) in [5.41, 5.74) is 7.71. The molecule has 4 rings (SSSR count). The topological polar surface area (TPSA) is 95.0 Å². The Morgan fingerprint density at radius 2 is 2.14 bits per heavy atom. The average molecular weight is 531 g/mol. The number of aromatic nitrogens is 3. The van der Waals surface area contributed by atoms with E-state index < -0.39 is 16.8 Å². The minimum absolute atomic E-state index is 0.113. The summed E-state index contributed by atoms with van der Waals surface area (Å²) in [6.07, 6.45) is 4.46. The van der Waals surface area contributed by atoms with Gasteiger partial charge in [-0.1, -0.05) is 18.5 Å². The predicted molar refractivity (Wildman–Crippen MR) is 137 cm³/mol. The molecule has 0 unspecified atom stereocenters. The molecule has 1 amide bonds. The molecular weight excluding hydrogens is 501 g/mol. The SMILES string of the molecule is CO[C@@H]1CCCN(C(=O)c2c(F)c(Cl)cc([C@](C)([Si])c3nc(C)c4c(N)nccn34)c2OC(C)C)C1. The quantitative estimate of drug-likeness (QED) is 0.486. The molecule has 11 heteroatoms. The van der Waals surface area contributed by atoms with Crippen molar-refractivity contribution in [2.45, 2.75) is 57.8 Å². The van der Waals surface area contributed by atoms with Crippen LogP contribution in [0.4, 0.5) is 10.2 Å². The highest BCUT2D eigenvalue weighted by Crippen LogP contribution is 2.42. The number of hydrogen-bond acceptors (Lipinski definition) is 6. The van der Waals surface area contributed by atoms with Gasteiger partial charge in [-0.05, 0) is 39.7 Å². The van der Waals surface area contributed by atoms with E-state index in [1.165, 1.54) is 6.07 Å². The van der Waals surface area contributed by atoms with Gasteiger partial charge >= 0.3 is 0 Å². The molecule has 0 spiro atoms. The van der Waals surface area contributed by atoms with Crippen LogP contribution < -0.4 is 10.5 Å². The van der Waals surface area contributed by atoms with E-state index >= 15 is 4.39 Å². The summed E-state index contributed by atoms with van der Waals surface area (Å²) in [5.74, 6) is -0.312. The Balaban J connectivity index is 1.93. The van der Waals surface area contributed by atoms with Crippen LogP contribution in [0.2, 0.25) is 5.02 Å². The fourth-order valence-electron chi connectivity index (χ4n) is 4.72. The van der Waals surface area contributed by atoms with Crippen LogP contribution in [-0.4, -0.2) is 67.8 Å². The van der Waals surface area contributed by atoms with Gasteiger partial charge in [-0.3, -0.25) is 9.20 Å². The number of nitrogens with two attached hydrogens (primary N) is 1. The lowest BCUT2D eigenvalue weighted by molar-refractivity contribution is 0.0263. The Labute approximate surface area is 218 Å². The zero-order chi connectivity index (χ0) is 26.4. The van der Waals surface area contributed by atoms with Gasteiger partial charge in [0.1, 0.15) is 28.5 Å². The summed E-state index contributed by atoms with van der Waals surface area (Å²) in [5, 5.41) is -1.23. The van der Waals surface area contributed by atoms with Gasteiger partial charge < -0.3 is 20.1 Å². The number of aryl methyl sites for hydroxylation is 1. The predicted octanol–water partition coefficient (Wildman–Crippen LogP) is 3.88. The molecule has 3 aromatic rings. The first-order chi connectivity index (χ1) is 17.0. The van der Waals surface area contributed by atoms with Crippen LogP contribution >= 0.6 is 11.6 Å². The molecular formula is C25H30ClFN5O3Si. The zero-order valence-electron chi connectivity index (χ0n) is 21.1. The molecule has 2 aromatic heterocycles. The Morgan fingerprint density at radius 3 is 2.81 bits per heavy atom. The van der Waals surface area contributed by atoms with Crippen molar-refractivity contribution in [3.63, 3.8) is 0 Å². The summed E-state index contributed by atoms with van der Waals surface area (Å²) >= 11 is 6.40. The minimum Gasteiger partial charge on any atom is -0.490 e. The van der Waals surface area contributed by atoms with Gasteiger partial charge in [-0.15, -0.1) is 0 Å². The Hall–Kier alpha value is -2.69. The maximum absolute atomic E-state index is 15.6. The fraction of sp³-hybridized carbons (Fsp3) is 0.480. The van der Waals surface area contributed by atoms with Gasteiger partial charge in [-0.2, -0.15) is 0 Å². The number of halogens is 2. The number of likely N-dealkylation sites (tertiary alicyclic amines) is 1. The van der Waals surface area contributed by atoms with E-state index in [1.54, 1.807) is 24.4 Å². The normalized spacial score (nSPS) is 18.0. The molecule has 0 aliphatic carbocycles. The van der Waals surface area contributed by atoms with Crippen molar-refractivity contribution in [2.75, 3.05) is 25.9 Å². The lowest BCUT2D eigenvalue weighted by Gasteiger charge is -2.34. The molecule has 1 aliphatic heterocycles. The van der Waals surface area contributed by atoms with Crippen LogP contribution in [-0.2, 0) is 9.78 Å². The molecule has 2 N–H and O–H groups in total. The first kappa shape index (κ1) is 26.4. The van der Waals surface area contributed by atoms with Gasteiger partial charge in [0.15, 0.2) is 5.82 Å². The highest BCUT2D eigenvalue weighted by molar-refractivity contribution is 6.31. The van der Waals surface area contributed by atoms with E-state index in [9.17, 15) is 4.79 Å². The van der Waals surface area contributed by atoms with Crippen molar-refractivity contribution in [1.82, 2.24) is 19.3 Å². The summed E-state index contributed by atoms with van der Waals surface area (Å²) in [7, 11) is 5.49. The standard InChI is InChI=1S/C25H30ClFN5O3Si/c1-13(2)35-21-16(25(4,36)24-30-14(3)20-22(28)29-8-10-32(20)24)11-17(26)19(27)18(21)23(33)31-9-6-7-15(12-31)34-5/h8,10-11,13,15H,6-7,9,12H2,1-5H3,(H2,28,29)/t15-,25+/m1/s1. The van der Waals surface area contributed by atoms with Crippen LogP contribution in [0.3, 0.4) is 0 Å². The van der Waals surface area contributed by atoms with Crippen LogP contribution in [0.15, 0.2) is 18.5 Å². The maximum atomic E-state index is 15.6. The van der Waals surface area contributed by atoms with Crippen molar-refractivity contribution in [3.8, 4) is 5.75 Å². The van der Waals surface area contributed by atoms with E-state index in [2.05, 4.69) is 15.2 Å². The van der Waals surface area contributed by atoms with E-state index in [-0.39, 0.29) is 28.5 Å². The largest absolute Gasteiger partial charge is 0.490 e. The lowest BCUT2D eigenvalue weighted by atomic mass is 9.93. The first-order valence-corrected chi connectivity index (χ1v) is 12.7. The third kappa shape index (κ3) is 4.57. The van der Waals surface area contributed by atoms with Crippen molar-refractivity contribution in [3.05, 3.63) is 51.9 Å². The minimum atomic E-state index is -1.04. The number of anilines is 1. The number of amides is 1. The number of fused-ring (bicyclic) bond motifs is 1. The molecule has 1 saturated heterocycles. The van der Waals surface area contributed by atoms with Crippen LogP contribution in [0.25, 0.3) is 5.52 Å². The van der Waals surface area contributed by atoms with Crippen molar-refractivity contribution < 1.29 is 18.7 Å². The van der Waals surface area contributed by atoms with E-state index in [0.29, 0.717) is 41.5 Å². The summed E-state index contributed by atoms with van der Waals surface area (Å²) in [6, 6.07) is 1.48. The first-order valence-electron chi connectivity index (χ1n) is 11.8. The van der Waals surface area contributed by atoms with Gasteiger partial charge in [0.25, 0.3) is 5.91 Å². The highest BCUT2D eigenvalue weighted by Gasteiger charge is 2.38. The van der Waals surface area contributed by atoms with Gasteiger partial charge in [0.05, 0.1) is 22.9 Å². The second kappa shape index (κ2) is 9.99. The number of hydrogen-bond donors (Lipinski definition) is 1. The van der Waals surface area contributed by atoms with E-state index in [0.717, 1.165) is 12.8 Å². The van der Waals surface area contributed by atoms with Crippen LogP contribution in [0, 0.1) is 12.7 Å². The second-order valence-electron chi connectivity index (χ2n) is 9.52. The third-order valence-corrected chi connectivity index (χ3v) is 7.25. The molecule has 36 heavy (non-hydrogen) atoms. The second-order valence-corrected chi connectivity index (χ2v) is 10.9. The number of ether oxygens (including phenoxy) is 2. The number of piperidine rings is 1. The molecule has 8 nitrogen and oxygen atoms in total. The van der Waals surface area contributed by atoms with Crippen LogP contribution in [0.1, 0.15) is 61.1 Å². The Bertz CT molecular complexity index is 1310. The molecule has 1 aromatic carbocycles. The number of benzene rings is 1. The number of nitrogen functional groups attached to an aromatic ring is 1. The smallest absolute Gasteiger partial charge is 0.260 e.